The number of anilines is 1. The monoisotopic (exact) mass is 505 g/mol. The Kier molecular flexibility index (Phi) is 6.39. The summed E-state index contributed by atoms with van der Waals surface area (Å²) < 4.78 is 6.96. The first-order chi connectivity index (χ1) is 18.7. The molecule has 0 unspecified atom stereocenters. The van der Waals surface area contributed by atoms with Gasteiger partial charge in [0.2, 0.25) is 5.91 Å². The normalized spacial score (nSPS) is 13.7. The number of hydrogen-bond donors (Lipinski definition) is 0. The highest BCUT2D eigenvalue weighted by Gasteiger charge is 2.31. The zero-order chi connectivity index (χ0) is 25.9. The summed E-state index contributed by atoms with van der Waals surface area (Å²) in [5, 5.41) is 8.75. The summed E-state index contributed by atoms with van der Waals surface area (Å²) in [5.41, 5.74) is 4.10. The molecule has 3 aromatic carbocycles. The van der Waals surface area contributed by atoms with Crippen molar-refractivity contribution in [2.24, 2.45) is 0 Å². The van der Waals surface area contributed by atoms with Crippen LogP contribution in [-0.4, -0.2) is 69.1 Å². The lowest BCUT2D eigenvalue weighted by molar-refractivity contribution is -0.132. The van der Waals surface area contributed by atoms with Crippen LogP contribution in [0.3, 0.4) is 0 Å². The maximum Gasteiger partial charge on any atom is 0.234 e. The summed E-state index contributed by atoms with van der Waals surface area (Å²) in [7, 11) is 1.64. The number of rotatable bonds is 6. The highest BCUT2D eigenvalue weighted by molar-refractivity contribution is 5.88. The van der Waals surface area contributed by atoms with E-state index in [1.165, 1.54) is 0 Å². The topological polar surface area (TPSA) is 89.3 Å². The zero-order valence-corrected chi connectivity index (χ0v) is 21.0. The minimum atomic E-state index is -0.334. The predicted octanol–water partition coefficient (Wildman–Crippen LogP) is 3.70. The largest absolute Gasteiger partial charge is 0.497 e. The Hall–Kier alpha value is -4.79. The van der Waals surface area contributed by atoms with Crippen LogP contribution in [0, 0.1) is 0 Å². The Morgan fingerprint density at radius 2 is 1.45 bits per heavy atom. The van der Waals surface area contributed by atoms with Crippen molar-refractivity contribution in [1.29, 1.82) is 0 Å². The van der Waals surface area contributed by atoms with Crippen LogP contribution in [-0.2, 0) is 4.79 Å². The number of carbonyl (C=O) groups excluding carboxylic acids is 1. The van der Waals surface area contributed by atoms with E-state index in [0.29, 0.717) is 37.3 Å². The summed E-state index contributed by atoms with van der Waals surface area (Å²) in [4.78, 5) is 26.9. The molecule has 0 bridgehead atoms. The molecule has 1 amide bonds. The number of benzene rings is 3. The van der Waals surface area contributed by atoms with Crippen molar-refractivity contribution in [3.8, 4) is 11.4 Å². The van der Waals surface area contributed by atoms with Gasteiger partial charge in [-0.1, -0.05) is 65.9 Å². The lowest BCUT2D eigenvalue weighted by Gasteiger charge is -2.37. The van der Waals surface area contributed by atoms with Crippen molar-refractivity contribution < 1.29 is 9.53 Å². The Bertz CT molecular complexity index is 1490. The van der Waals surface area contributed by atoms with Gasteiger partial charge >= 0.3 is 0 Å². The molecule has 9 nitrogen and oxygen atoms in total. The van der Waals surface area contributed by atoms with Gasteiger partial charge in [-0.15, -0.1) is 5.10 Å². The summed E-state index contributed by atoms with van der Waals surface area (Å²) in [5.74, 6) is 1.27. The second-order valence-electron chi connectivity index (χ2n) is 9.14. The summed E-state index contributed by atoms with van der Waals surface area (Å²) in [6.45, 7) is 2.47. The van der Waals surface area contributed by atoms with E-state index in [0.717, 1.165) is 28.4 Å². The van der Waals surface area contributed by atoms with E-state index in [4.69, 9.17) is 4.74 Å². The zero-order valence-electron chi connectivity index (χ0n) is 21.0. The van der Waals surface area contributed by atoms with Crippen LogP contribution in [0.5, 0.6) is 5.75 Å². The highest BCUT2D eigenvalue weighted by Crippen LogP contribution is 2.29. The van der Waals surface area contributed by atoms with Gasteiger partial charge in [0.15, 0.2) is 17.0 Å². The minimum Gasteiger partial charge on any atom is -0.497 e. The molecule has 6 rings (SSSR count). The molecule has 1 aliphatic rings. The van der Waals surface area contributed by atoms with Crippen LogP contribution in [0.15, 0.2) is 91.3 Å². The van der Waals surface area contributed by atoms with E-state index in [-0.39, 0.29) is 11.8 Å². The molecular formula is C29H27N7O2. The predicted molar refractivity (Wildman–Crippen MR) is 145 cm³/mol. The molecule has 0 saturated carbocycles. The molecule has 0 spiro atoms. The number of fused-ring (bicyclic) bond motifs is 1. The quantitative estimate of drug-likeness (QED) is 0.348. The summed E-state index contributed by atoms with van der Waals surface area (Å²) in [6, 6.07) is 27.5. The van der Waals surface area contributed by atoms with Gasteiger partial charge in [0.1, 0.15) is 12.1 Å². The maximum atomic E-state index is 13.8. The third-order valence-corrected chi connectivity index (χ3v) is 6.94. The molecule has 2 aromatic heterocycles. The Balaban J connectivity index is 1.22. The number of methoxy groups -OCH3 is 1. The molecule has 3 heterocycles. The van der Waals surface area contributed by atoms with Gasteiger partial charge in [0.25, 0.3) is 0 Å². The lowest BCUT2D eigenvalue weighted by Crippen LogP contribution is -2.50. The standard InChI is InChI=1S/C29H27N7O2/c1-38-24-14-12-23(13-15-24)36-28-26(32-33-36)27(30-20-31-28)34-16-18-35(19-17-34)29(37)25(21-8-4-2-5-9-21)22-10-6-3-7-11-22/h2-15,20,25H,16-19H2,1H3. The van der Waals surface area contributed by atoms with Crippen LogP contribution >= 0.6 is 0 Å². The molecule has 0 aliphatic carbocycles. The average molecular weight is 506 g/mol. The van der Waals surface area contributed by atoms with Crippen LogP contribution < -0.4 is 9.64 Å². The number of hydrogen-bond acceptors (Lipinski definition) is 7. The number of ether oxygens (including phenoxy) is 1. The smallest absolute Gasteiger partial charge is 0.234 e. The van der Waals surface area contributed by atoms with Gasteiger partial charge in [0, 0.05) is 26.2 Å². The third-order valence-electron chi connectivity index (χ3n) is 6.94. The van der Waals surface area contributed by atoms with E-state index in [1.54, 1.807) is 18.1 Å². The van der Waals surface area contributed by atoms with Crippen LogP contribution in [0.1, 0.15) is 17.0 Å². The Morgan fingerprint density at radius 3 is 2.05 bits per heavy atom. The molecule has 0 N–H and O–H groups in total. The average Bonchev–Trinajstić information content (AvgIpc) is 3.43. The van der Waals surface area contributed by atoms with E-state index in [1.807, 2.05) is 89.8 Å². The minimum absolute atomic E-state index is 0.111. The molecule has 38 heavy (non-hydrogen) atoms. The summed E-state index contributed by atoms with van der Waals surface area (Å²) in [6.07, 6.45) is 1.54. The number of carbonyl (C=O) groups is 1. The molecule has 0 radical (unpaired) electrons. The molecule has 1 saturated heterocycles. The van der Waals surface area contributed by atoms with E-state index in [2.05, 4.69) is 25.2 Å². The van der Waals surface area contributed by atoms with Crippen LogP contribution in [0.25, 0.3) is 16.9 Å². The van der Waals surface area contributed by atoms with Gasteiger partial charge in [-0.2, -0.15) is 4.68 Å². The number of piperazine rings is 1. The fourth-order valence-electron chi connectivity index (χ4n) is 4.96. The number of aromatic nitrogens is 5. The molecule has 190 valence electrons. The molecule has 5 aromatic rings. The van der Waals surface area contributed by atoms with Crippen molar-refractivity contribution in [2.75, 3.05) is 38.2 Å². The number of nitrogens with zero attached hydrogens (tertiary/aromatic N) is 7. The second-order valence-corrected chi connectivity index (χ2v) is 9.14. The molecule has 1 aliphatic heterocycles. The van der Waals surface area contributed by atoms with Gasteiger partial charge in [-0.3, -0.25) is 4.79 Å². The van der Waals surface area contributed by atoms with Gasteiger partial charge < -0.3 is 14.5 Å². The molecule has 9 heteroatoms. The second kappa shape index (κ2) is 10.3. The SMILES string of the molecule is COc1ccc(-n2nnc3c(N4CCN(C(=O)C(c5ccccc5)c5ccccc5)CC4)ncnc32)cc1. The highest BCUT2D eigenvalue weighted by atomic mass is 16.5. The van der Waals surface area contributed by atoms with E-state index in [9.17, 15) is 4.79 Å². The lowest BCUT2D eigenvalue weighted by atomic mass is 9.90. The van der Waals surface area contributed by atoms with Crippen LogP contribution in [0.4, 0.5) is 5.82 Å². The first-order valence-electron chi connectivity index (χ1n) is 12.6. The van der Waals surface area contributed by atoms with Gasteiger partial charge in [-0.25, -0.2) is 9.97 Å². The third kappa shape index (κ3) is 4.43. The fourth-order valence-corrected chi connectivity index (χ4v) is 4.96. The van der Waals surface area contributed by atoms with Crippen molar-refractivity contribution >= 4 is 22.9 Å². The summed E-state index contributed by atoms with van der Waals surface area (Å²) >= 11 is 0. The van der Waals surface area contributed by atoms with Gasteiger partial charge in [0.05, 0.1) is 18.7 Å². The molecule has 0 atom stereocenters. The molecular weight excluding hydrogens is 478 g/mol. The van der Waals surface area contributed by atoms with Crippen LogP contribution in [0.2, 0.25) is 0 Å². The Labute approximate surface area is 220 Å². The first-order valence-corrected chi connectivity index (χ1v) is 12.6. The molecule has 1 fully saturated rings. The van der Waals surface area contributed by atoms with Crippen molar-refractivity contribution in [3.05, 3.63) is 102 Å². The van der Waals surface area contributed by atoms with Crippen molar-refractivity contribution in [1.82, 2.24) is 29.9 Å². The van der Waals surface area contributed by atoms with Crippen molar-refractivity contribution in [3.63, 3.8) is 0 Å². The van der Waals surface area contributed by atoms with E-state index >= 15 is 0 Å². The number of amides is 1. The Morgan fingerprint density at radius 1 is 0.816 bits per heavy atom. The fraction of sp³-hybridized carbons (Fsp3) is 0.207. The maximum absolute atomic E-state index is 13.8. The van der Waals surface area contributed by atoms with Crippen molar-refractivity contribution in [2.45, 2.75) is 5.92 Å². The van der Waals surface area contributed by atoms with E-state index < -0.39 is 0 Å². The van der Waals surface area contributed by atoms with Gasteiger partial charge in [-0.05, 0) is 35.4 Å². The first kappa shape index (κ1) is 23.6.